The second-order valence-electron chi connectivity index (χ2n) is 12.7. The molecule has 2 aromatic carbocycles. The average Bonchev–Trinajstić information content (AvgIpc) is 3.10. The van der Waals surface area contributed by atoms with Crippen LogP contribution in [0.3, 0.4) is 0 Å². The molecular formula is C39H56F3N8S+. The van der Waals surface area contributed by atoms with E-state index in [0.717, 1.165) is 65.7 Å². The first-order chi connectivity index (χ1) is 24.2. The molecule has 12 heteroatoms. The van der Waals surface area contributed by atoms with E-state index in [9.17, 15) is 13.2 Å². The zero-order valence-electron chi connectivity index (χ0n) is 29.8. The predicted octanol–water partition coefficient (Wildman–Crippen LogP) is 6.13. The number of fused-ring (bicyclic) bond motifs is 1. The van der Waals surface area contributed by atoms with Gasteiger partial charge in [0, 0.05) is 47.4 Å². The summed E-state index contributed by atoms with van der Waals surface area (Å²) in [6.07, 6.45) is 2.53. The Morgan fingerprint density at radius 3 is 2.08 bits per heavy atom. The van der Waals surface area contributed by atoms with E-state index in [1.54, 1.807) is 18.3 Å². The Morgan fingerprint density at radius 1 is 0.902 bits per heavy atom. The number of anilines is 1. The molecule has 3 aromatic rings. The van der Waals surface area contributed by atoms with Crippen molar-refractivity contribution in [1.29, 1.82) is 0 Å². The Labute approximate surface area is 307 Å². The van der Waals surface area contributed by atoms with E-state index in [0.29, 0.717) is 47.9 Å². The fraction of sp³-hybridized carbons (Fsp3) is 0.359. The van der Waals surface area contributed by atoms with Crippen molar-refractivity contribution in [3.63, 3.8) is 0 Å². The molecule has 1 heterocycles. The van der Waals surface area contributed by atoms with Crippen LogP contribution in [0.15, 0.2) is 123 Å². The van der Waals surface area contributed by atoms with E-state index in [-0.39, 0.29) is 12.1 Å². The molecular weight excluding hydrogens is 670 g/mol. The first-order valence-corrected chi connectivity index (χ1v) is 17.5. The summed E-state index contributed by atoms with van der Waals surface area (Å²) >= 11 is 4.55. The summed E-state index contributed by atoms with van der Waals surface area (Å²) in [6, 6.07) is 13.8. The highest BCUT2D eigenvalue weighted by atomic mass is 32.1. The first-order valence-electron chi connectivity index (χ1n) is 16.9. The summed E-state index contributed by atoms with van der Waals surface area (Å²) in [4.78, 5) is 4.51. The van der Waals surface area contributed by atoms with Gasteiger partial charge in [-0.15, -0.1) is 0 Å². The number of benzene rings is 2. The van der Waals surface area contributed by atoms with Gasteiger partial charge in [-0.05, 0) is 49.1 Å². The Bertz CT molecular complexity index is 1560. The lowest BCUT2D eigenvalue weighted by atomic mass is 10.0. The number of aromatic nitrogens is 1. The van der Waals surface area contributed by atoms with Gasteiger partial charge in [-0.1, -0.05) is 75.4 Å². The number of pyridine rings is 1. The van der Waals surface area contributed by atoms with Crippen LogP contribution in [0.25, 0.3) is 10.9 Å². The van der Waals surface area contributed by atoms with Gasteiger partial charge in [-0.25, -0.2) is 0 Å². The van der Waals surface area contributed by atoms with Crippen LogP contribution in [-0.4, -0.2) is 73.1 Å². The lowest BCUT2D eigenvalue weighted by Gasteiger charge is -2.34. The Kier molecular flexibility index (Phi) is 18.0. The third-order valence-corrected chi connectivity index (χ3v) is 8.89. The molecule has 0 aliphatic carbocycles. The molecule has 9 N–H and O–H groups in total. The third kappa shape index (κ3) is 14.6. The van der Waals surface area contributed by atoms with Crippen LogP contribution in [0.4, 0.5) is 18.9 Å². The summed E-state index contributed by atoms with van der Waals surface area (Å²) in [5.41, 5.74) is 21.6. The maximum absolute atomic E-state index is 13.2. The van der Waals surface area contributed by atoms with Gasteiger partial charge in [0.25, 0.3) is 0 Å². The van der Waals surface area contributed by atoms with Crippen LogP contribution >= 0.6 is 12.6 Å². The van der Waals surface area contributed by atoms with E-state index in [2.05, 4.69) is 73.5 Å². The van der Waals surface area contributed by atoms with Gasteiger partial charge in [-0.2, -0.15) is 25.8 Å². The SMILES string of the molecule is C=C(NC(CS)C(=C)NC(Cc1ccc(C(F)(F)F)cc1)C(=C)Nc1cnc2ccccc2c1)C(N)CCC[N+](C)(CCN)CCN.C=CC=C. The zero-order chi connectivity index (χ0) is 38.0. The molecule has 0 spiro atoms. The number of likely N-dealkylation sites (N-methyl/N-ethyl adjacent to an activating group) is 1. The van der Waals surface area contributed by atoms with Crippen LogP contribution in [0, 0.1) is 0 Å². The van der Waals surface area contributed by atoms with Crippen LogP contribution in [0.5, 0.6) is 0 Å². The van der Waals surface area contributed by atoms with Gasteiger partial charge in [-0.3, -0.25) is 4.98 Å². The topological polar surface area (TPSA) is 127 Å². The molecule has 3 atom stereocenters. The number of alkyl halides is 3. The average molecular weight is 726 g/mol. The summed E-state index contributed by atoms with van der Waals surface area (Å²) in [7, 11) is 2.16. The molecule has 0 saturated heterocycles. The fourth-order valence-electron chi connectivity index (χ4n) is 5.46. The lowest BCUT2D eigenvalue weighted by Crippen LogP contribution is -2.51. The maximum Gasteiger partial charge on any atom is 0.416 e. The summed E-state index contributed by atoms with van der Waals surface area (Å²) < 4.78 is 40.4. The molecule has 0 saturated carbocycles. The predicted molar refractivity (Wildman–Crippen MR) is 212 cm³/mol. The van der Waals surface area contributed by atoms with Crippen molar-refractivity contribution in [3.8, 4) is 0 Å². The highest BCUT2D eigenvalue weighted by molar-refractivity contribution is 7.80. The number of thiol groups is 1. The number of nitrogens with zero attached hydrogens (tertiary/aromatic N) is 2. The van der Waals surface area contributed by atoms with Gasteiger partial charge >= 0.3 is 6.18 Å². The van der Waals surface area contributed by atoms with Crippen molar-refractivity contribution < 1.29 is 17.7 Å². The molecule has 3 rings (SSSR count). The summed E-state index contributed by atoms with van der Waals surface area (Å²) in [5, 5.41) is 11.1. The molecule has 0 aliphatic rings. The van der Waals surface area contributed by atoms with Crippen molar-refractivity contribution in [3.05, 3.63) is 134 Å². The normalized spacial score (nSPS) is 13.2. The molecule has 0 fully saturated rings. The highest BCUT2D eigenvalue weighted by Crippen LogP contribution is 2.29. The van der Waals surface area contributed by atoms with Gasteiger partial charge in [0.2, 0.25) is 0 Å². The Balaban J connectivity index is 0.00000213. The molecule has 0 radical (unpaired) electrons. The fourth-order valence-corrected chi connectivity index (χ4v) is 5.77. The smallest absolute Gasteiger partial charge is 0.379 e. The second kappa shape index (κ2) is 21.3. The molecule has 3 unspecified atom stereocenters. The summed E-state index contributed by atoms with van der Waals surface area (Å²) in [6.45, 7) is 23.3. The van der Waals surface area contributed by atoms with E-state index < -0.39 is 17.8 Å². The highest BCUT2D eigenvalue weighted by Gasteiger charge is 2.30. The molecule has 1 aromatic heterocycles. The number of allylic oxidation sites excluding steroid dienone is 2. The van der Waals surface area contributed by atoms with Crippen molar-refractivity contribution >= 4 is 29.2 Å². The minimum Gasteiger partial charge on any atom is -0.379 e. The van der Waals surface area contributed by atoms with E-state index in [4.69, 9.17) is 17.2 Å². The minimum absolute atomic E-state index is 0.297. The van der Waals surface area contributed by atoms with Crippen LogP contribution in [-0.2, 0) is 12.6 Å². The maximum atomic E-state index is 13.2. The molecule has 51 heavy (non-hydrogen) atoms. The molecule has 0 aliphatic heterocycles. The number of quaternary nitrogens is 1. The largest absolute Gasteiger partial charge is 0.416 e. The van der Waals surface area contributed by atoms with E-state index in [1.165, 1.54) is 12.1 Å². The second-order valence-corrected chi connectivity index (χ2v) is 13.0. The van der Waals surface area contributed by atoms with Crippen molar-refractivity contribution in [2.45, 2.75) is 43.6 Å². The molecule has 0 amide bonds. The van der Waals surface area contributed by atoms with Gasteiger partial charge in [0.1, 0.15) is 0 Å². The van der Waals surface area contributed by atoms with Crippen LogP contribution in [0.1, 0.15) is 24.0 Å². The lowest BCUT2D eigenvalue weighted by molar-refractivity contribution is -0.907. The standard InChI is InChI=1S/C35H49F3N8S.C4H6/c1-24(31(41)9-7-17-46(4,18-15-39)19-16-40)44-34(23-47)26(3)45-33(20-27-11-13-29(14-12-27)35(36,37)38)25(2)43-30-21-28-8-5-6-10-32(28)42-22-30;1-3-4-2/h5-6,8,10-14,21-22,31,33-34,43-45H,1-3,7,9,15-20,23,39-41H2,4H3;3-4H,1-2H2/p+1. The monoisotopic (exact) mass is 725 g/mol. The number of para-hydroxylation sites is 1. The molecule has 278 valence electrons. The number of rotatable bonds is 21. The van der Waals surface area contributed by atoms with Crippen molar-refractivity contribution in [2.24, 2.45) is 17.2 Å². The first kappa shape index (κ1) is 43.1. The van der Waals surface area contributed by atoms with E-state index in [1.807, 2.05) is 30.3 Å². The Morgan fingerprint density at radius 2 is 1.51 bits per heavy atom. The third-order valence-electron chi connectivity index (χ3n) is 8.52. The number of nitrogens with one attached hydrogen (secondary N) is 3. The minimum atomic E-state index is -4.42. The quantitative estimate of drug-likeness (QED) is 0.0401. The number of hydrogen-bond donors (Lipinski definition) is 7. The Hall–Kier alpha value is -4.07. The van der Waals surface area contributed by atoms with E-state index >= 15 is 0 Å². The number of hydrogen-bond acceptors (Lipinski definition) is 8. The number of halogens is 3. The molecule has 0 bridgehead atoms. The van der Waals surface area contributed by atoms with Gasteiger partial charge in [0.15, 0.2) is 0 Å². The van der Waals surface area contributed by atoms with Crippen molar-refractivity contribution in [1.82, 2.24) is 15.6 Å². The zero-order valence-corrected chi connectivity index (χ0v) is 30.7. The summed E-state index contributed by atoms with van der Waals surface area (Å²) in [5.74, 6) is 0.390. The van der Waals surface area contributed by atoms with Crippen LogP contribution < -0.4 is 33.2 Å². The van der Waals surface area contributed by atoms with Gasteiger partial charge in [0.05, 0.1) is 61.7 Å². The number of nitrogens with two attached hydrogens (primary N) is 3. The van der Waals surface area contributed by atoms with Gasteiger partial charge < -0.3 is 37.6 Å². The van der Waals surface area contributed by atoms with Crippen molar-refractivity contribution in [2.75, 3.05) is 50.8 Å². The van der Waals surface area contributed by atoms with Crippen LogP contribution in [0.2, 0.25) is 0 Å². The molecule has 8 nitrogen and oxygen atoms in total.